The van der Waals surface area contributed by atoms with Gasteiger partial charge in [0.15, 0.2) is 0 Å². The minimum Gasteiger partial charge on any atom is -0.458 e. The fourth-order valence-corrected chi connectivity index (χ4v) is 2.08. The van der Waals surface area contributed by atoms with Gasteiger partial charge in [-0.15, -0.1) is 0 Å². The number of hydrogen-bond donors (Lipinski definition) is 1. The van der Waals surface area contributed by atoms with E-state index in [0.717, 1.165) is 4.90 Å². The summed E-state index contributed by atoms with van der Waals surface area (Å²) in [6.45, 7) is 11.6. The first-order valence-corrected chi connectivity index (χ1v) is 7.22. The van der Waals surface area contributed by atoms with Crippen LogP contribution in [0, 0.1) is 0 Å². The van der Waals surface area contributed by atoms with Crippen molar-refractivity contribution in [2.75, 3.05) is 0 Å². The number of rotatable bonds is 1. The maximum Gasteiger partial charge on any atom is 0.417 e. The predicted octanol–water partition coefficient (Wildman–Crippen LogP) is 1.58. The molecule has 1 aliphatic heterocycles. The molecular formula is C15H26N2O5. The zero-order valence-electron chi connectivity index (χ0n) is 14.4. The molecule has 7 heteroatoms. The van der Waals surface area contributed by atoms with Gasteiger partial charge in [0.2, 0.25) is 0 Å². The summed E-state index contributed by atoms with van der Waals surface area (Å²) in [6.07, 6.45) is -0.887. The molecular weight excluding hydrogens is 288 g/mol. The zero-order chi connectivity index (χ0) is 17.5. The highest BCUT2D eigenvalue weighted by Gasteiger charge is 2.54. The summed E-state index contributed by atoms with van der Waals surface area (Å²) in [5, 5.41) is 0. The minimum atomic E-state index is -1.31. The number of hydrogen-bond acceptors (Lipinski definition) is 6. The molecule has 0 radical (unpaired) electrons. The van der Waals surface area contributed by atoms with Crippen molar-refractivity contribution in [3.8, 4) is 0 Å². The number of carbonyl (C=O) groups is 3. The second-order valence-corrected chi connectivity index (χ2v) is 7.83. The van der Waals surface area contributed by atoms with Crippen molar-refractivity contribution in [1.29, 1.82) is 0 Å². The monoisotopic (exact) mass is 314 g/mol. The first-order valence-electron chi connectivity index (χ1n) is 7.22. The number of ether oxygens (including phenoxy) is 2. The molecule has 0 aromatic heterocycles. The Hall–Kier alpha value is -1.63. The van der Waals surface area contributed by atoms with Crippen LogP contribution in [0.3, 0.4) is 0 Å². The van der Waals surface area contributed by atoms with Crippen LogP contribution in [-0.2, 0) is 19.1 Å². The molecule has 2 N–H and O–H groups in total. The van der Waals surface area contributed by atoms with E-state index in [1.807, 2.05) is 0 Å². The lowest BCUT2D eigenvalue weighted by atomic mass is 9.99. The Morgan fingerprint density at radius 3 is 2.00 bits per heavy atom. The quantitative estimate of drug-likeness (QED) is 0.738. The maximum atomic E-state index is 12.3. The van der Waals surface area contributed by atoms with Gasteiger partial charge in [-0.25, -0.2) is 14.5 Å². The largest absolute Gasteiger partial charge is 0.458 e. The third-order valence-corrected chi connectivity index (χ3v) is 2.91. The highest BCUT2D eigenvalue weighted by Crippen LogP contribution is 2.30. The molecule has 126 valence electrons. The standard InChI is InChI=1S/C15H26N2O5/c1-13(2,3)21-10(18)9-8-15(7,16)11(19)17(9)12(20)22-14(4,5)6/h9H,8,16H2,1-7H3. The van der Waals surface area contributed by atoms with Crippen molar-refractivity contribution in [2.24, 2.45) is 5.73 Å². The SMILES string of the molecule is CC(C)(C)OC(=O)C1CC(C)(N)C(=O)N1C(=O)OC(C)(C)C. The van der Waals surface area contributed by atoms with E-state index in [-0.39, 0.29) is 6.42 Å². The molecule has 0 aromatic rings. The smallest absolute Gasteiger partial charge is 0.417 e. The van der Waals surface area contributed by atoms with Gasteiger partial charge < -0.3 is 15.2 Å². The van der Waals surface area contributed by atoms with Gasteiger partial charge in [0.1, 0.15) is 17.2 Å². The van der Waals surface area contributed by atoms with Crippen molar-refractivity contribution in [3.63, 3.8) is 0 Å². The van der Waals surface area contributed by atoms with Gasteiger partial charge in [-0.1, -0.05) is 0 Å². The van der Waals surface area contributed by atoms with Gasteiger partial charge in [0.05, 0.1) is 5.54 Å². The van der Waals surface area contributed by atoms with E-state index in [1.54, 1.807) is 41.5 Å². The average Bonchev–Trinajstić information content (AvgIpc) is 2.45. The lowest BCUT2D eigenvalue weighted by Gasteiger charge is -2.28. The number of likely N-dealkylation sites (tertiary alicyclic amines) is 1. The van der Waals surface area contributed by atoms with Crippen molar-refractivity contribution in [1.82, 2.24) is 4.90 Å². The molecule has 0 saturated carbocycles. The third-order valence-electron chi connectivity index (χ3n) is 2.91. The van der Waals surface area contributed by atoms with Gasteiger partial charge in [-0.05, 0) is 48.5 Å². The van der Waals surface area contributed by atoms with Gasteiger partial charge in [0.25, 0.3) is 5.91 Å². The molecule has 22 heavy (non-hydrogen) atoms. The summed E-state index contributed by atoms with van der Waals surface area (Å²) in [5.41, 5.74) is 3.07. The fraction of sp³-hybridized carbons (Fsp3) is 0.800. The predicted molar refractivity (Wildman–Crippen MR) is 79.9 cm³/mol. The molecule has 1 saturated heterocycles. The van der Waals surface area contributed by atoms with Gasteiger partial charge >= 0.3 is 12.1 Å². The molecule has 0 aromatic carbocycles. The van der Waals surface area contributed by atoms with E-state index in [9.17, 15) is 14.4 Å². The fourth-order valence-electron chi connectivity index (χ4n) is 2.08. The topological polar surface area (TPSA) is 98.9 Å². The average molecular weight is 314 g/mol. The number of carbonyl (C=O) groups excluding carboxylic acids is 3. The highest BCUT2D eigenvalue weighted by atomic mass is 16.6. The number of nitrogens with two attached hydrogens (primary N) is 1. The normalized spacial score (nSPS) is 26.1. The molecule has 0 spiro atoms. The van der Waals surface area contributed by atoms with Crippen molar-refractivity contribution in [2.45, 2.75) is 77.7 Å². The zero-order valence-corrected chi connectivity index (χ0v) is 14.4. The van der Waals surface area contributed by atoms with Crippen LogP contribution in [0.2, 0.25) is 0 Å². The Balaban J connectivity index is 3.05. The van der Waals surface area contributed by atoms with Crippen LogP contribution in [0.5, 0.6) is 0 Å². The van der Waals surface area contributed by atoms with Crippen LogP contribution in [0.4, 0.5) is 4.79 Å². The molecule has 0 aliphatic carbocycles. The van der Waals surface area contributed by atoms with Gasteiger partial charge in [-0.2, -0.15) is 0 Å². The minimum absolute atomic E-state index is 0.0000104. The summed E-state index contributed by atoms with van der Waals surface area (Å²) in [7, 11) is 0. The number of nitrogens with zero attached hydrogens (tertiary/aromatic N) is 1. The summed E-state index contributed by atoms with van der Waals surface area (Å²) in [6, 6.07) is -1.07. The number of imide groups is 1. The Bertz CT molecular complexity index is 485. The summed E-state index contributed by atoms with van der Waals surface area (Å²) in [4.78, 5) is 37.7. The lowest BCUT2D eigenvalue weighted by Crippen LogP contribution is -2.50. The Kier molecular flexibility index (Phi) is 4.63. The van der Waals surface area contributed by atoms with Crippen molar-refractivity contribution >= 4 is 18.0 Å². The Morgan fingerprint density at radius 2 is 1.59 bits per heavy atom. The Morgan fingerprint density at radius 1 is 1.14 bits per heavy atom. The number of esters is 1. The van der Waals surface area contributed by atoms with Crippen molar-refractivity contribution in [3.05, 3.63) is 0 Å². The summed E-state index contributed by atoms with van der Waals surface area (Å²) in [5.74, 6) is -1.31. The number of amides is 2. The first-order chi connectivity index (χ1) is 9.64. The second-order valence-electron chi connectivity index (χ2n) is 7.83. The molecule has 2 amide bonds. The van der Waals surface area contributed by atoms with Crippen LogP contribution >= 0.6 is 0 Å². The molecule has 2 atom stereocenters. The van der Waals surface area contributed by atoms with Crippen LogP contribution in [-0.4, -0.2) is 45.7 Å². The first kappa shape index (κ1) is 18.4. The van der Waals surface area contributed by atoms with Gasteiger partial charge in [-0.3, -0.25) is 4.79 Å². The van der Waals surface area contributed by atoms with E-state index in [0.29, 0.717) is 0 Å². The van der Waals surface area contributed by atoms with E-state index >= 15 is 0 Å². The molecule has 2 unspecified atom stereocenters. The summed E-state index contributed by atoms with van der Waals surface area (Å²) >= 11 is 0. The molecule has 1 heterocycles. The highest BCUT2D eigenvalue weighted by molar-refractivity contribution is 6.04. The van der Waals surface area contributed by atoms with E-state index in [2.05, 4.69) is 0 Å². The second kappa shape index (κ2) is 5.53. The van der Waals surface area contributed by atoms with E-state index in [1.165, 1.54) is 6.92 Å². The Labute approximate surface area is 131 Å². The lowest BCUT2D eigenvalue weighted by molar-refractivity contribution is -0.161. The van der Waals surface area contributed by atoms with Crippen LogP contribution < -0.4 is 5.73 Å². The van der Waals surface area contributed by atoms with Crippen molar-refractivity contribution < 1.29 is 23.9 Å². The van der Waals surface area contributed by atoms with Crippen LogP contribution in [0.15, 0.2) is 0 Å². The molecule has 7 nitrogen and oxygen atoms in total. The maximum absolute atomic E-state index is 12.3. The van der Waals surface area contributed by atoms with Crippen LogP contribution in [0.1, 0.15) is 54.9 Å². The van der Waals surface area contributed by atoms with Crippen LogP contribution in [0.25, 0.3) is 0 Å². The molecule has 1 aliphatic rings. The van der Waals surface area contributed by atoms with E-state index < -0.39 is 40.8 Å². The molecule has 0 bridgehead atoms. The third kappa shape index (κ3) is 4.43. The molecule has 1 rings (SSSR count). The van der Waals surface area contributed by atoms with Gasteiger partial charge in [0, 0.05) is 6.42 Å². The van der Waals surface area contributed by atoms with E-state index in [4.69, 9.17) is 15.2 Å². The summed E-state index contributed by atoms with van der Waals surface area (Å²) < 4.78 is 10.5. The molecule has 1 fully saturated rings.